The van der Waals surface area contributed by atoms with Crippen molar-refractivity contribution in [2.45, 2.75) is 52.2 Å². The first-order valence-corrected chi connectivity index (χ1v) is 17.3. The maximum absolute atomic E-state index is 12.7. The number of pyridine rings is 1. The van der Waals surface area contributed by atoms with Gasteiger partial charge in [-0.15, -0.1) is 0 Å². The van der Waals surface area contributed by atoms with E-state index >= 15 is 0 Å². The predicted molar refractivity (Wildman–Crippen MR) is 181 cm³/mol. The fourth-order valence-corrected chi connectivity index (χ4v) is 5.92. The summed E-state index contributed by atoms with van der Waals surface area (Å²) in [6, 6.07) is 14.0. The first-order valence-electron chi connectivity index (χ1n) is 15.6. The molecule has 1 amide bonds. The summed E-state index contributed by atoms with van der Waals surface area (Å²) in [6.07, 6.45) is 4.61. The highest BCUT2D eigenvalue weighted by molar-refractivity contribution is 7.92. The molecule has 0 unspecified atom stereocenters. The second kappa shape index (κ2) is 14.1. The second-order valence-electron chi connectivity index (χ2n) is 12.4. The molecule has 0 atom stereocenters. The Morgan fingerprint density at radius 3 is 2.49 bits per heavy atom. The molecular weight excluding hydrogens is 624 g/mol. The number of aromatic amines is 1. The van der Waals surface area contributed by atoms with Crippen molar-refractivity contribution in [3.8, 4) is 28.4 Å². The Bertz CT molecular complexity index is 1890. The summed E-state index contributed by atoms with van der Waals surface area (Å²) in [5, 5.41) is 0.682. The van der Waals surface area contributed by atoms with Crippen LogP contribution in [0.15, 0.2) is 65.7 Å². The monoisotopic (exact) mass is 666 g/mol. The topological polar surface area (TPSA) is 141 Å². The lowest BCUT2D eigenvalue weighted by atomic mass is 10.0. The van der Waals surface area contributed by atoms with Gasteiger partial charge in [-0.3, -0.25) is 9.52 Å². The lowest BCUT2D eigenvalue weighted by Gasteiger charge is -2.33. The number of carbonyl (C=O) groups is 1. The molecule has 0 spiro atoms. The zero-order valence-corrected chi connectivity index (χ0v) is 28.2. The third-order valence-electron chi connectivity index (χ3n) is 7.65. The van der Waals surface area contributed by atoms with Crippen molar-refractivity contribution < 1.29 is 32.2 Å². The predicted octanol–water partition coefficient (Wildman–Crippen LogP) is 5.88. The van der Waals surface area contributed by atoms with Crippen LogP contribution >= 0.6 is 0 Å². The maximum Gasteiger partial charge on any atom is 0.410 e. The number of anilines is 1. The van der Waals surface area contributed by atoms with Gasteiger partial charge in [-0.25, -0.2) is 13.2 Å². The Morgan fingerprint density at radius 2 is 1.77 bits per heavy atom. The van der Waals surface area contributed by atoms with Crippen molar-refractivity contribution in [2.75, 3.05) is 36.8 Å². The fraction of sp³-hybridized carbons (Fsp3) is 0.412. The van der Waals surface area contributed by atoms with Crippen molar-refractivity contribution in [3.05, 3.63) is 71.3 Å². The van der Waals surface area contributed by atoms with E-state index in [4.69, 9.17) is 18.9 Å². The number of amides is 1. The van der Waals surface area contributed by atoms with Crippen molar-refractivity contribution in [2.24, 2.45) is 7.05 Å². The molecule has 5 rings (SSSR count). The molecular formula is C34H42N4O8S. The molecule has 4 aromatic rings. The van der Waals surface area contributed by atoms with Crippen LogP contribution < -0.4 is 19.8 Å². The van der Waals surface area contributed by atoms with Gasteiger partial charge >= 0.3 is 6.09 Å². The van der Waals surface area contributed by atoms with E-state index in [0.717, 1.165) is 12.8 Å². The zero-order chi connectivity index (χ0) is 33.8. The summed E-state index contributed by atoms with van der Waals surface area (Å²) in [4.78, 5) is 29.8. The van der Waals surface area contributed by atoms with Crippen LogP contribution in [0.4, 0.5) is 10.5 Å². The smallest absolute Gasteiger partial charge is 0.410 e. The Morgan fingerprint density at radius 1 is 1.02 bits per heavy atom. The van der Waals surface area contributed by atoms with E-state index in [0.29, 0.717) is 71.3 Å². The maximum atomic E-state index is 12.7. The second-order valence-corrected chi connectivity index (χ2v) is 14.4. The SMILES string of the molecule is CCS(=O)(=O)Nc1ccc(Oc2cccc(OCCOC3CCN(C(=O)OC(C)(C)C)CC3)c2)c(-c2cn(C)c(=O)c3[nH]ccc23)c1. The molecule has 2 N–H and O–H groups in total. The van der Waals surface area contributed by atoms with Gasteiger partial charge < -0.3 is 33.4 Å². The third-order valence-corrected chi connectivity index (χ3v) is 8.96. The molecule has 1 saturated heterocycles. The molecule has 0 saturated carbocycles. The molecule has 47 heavy (non-hydrogen) atoms. The summed E-state index contributed by atoms with van der Waals surface area (Å²) < 4.78 is 52.5. The number of nitrogens with one attached hydrogen (secondary N) is 2. The number of nitrogens with zero attached hydrogens (tertiary/aromatic N) is 2. The first kappa shape index (κ1) is 33.9. The number of aromatic nitrogens is 2. The summed E-state index contributed by atoms with van der Waals surface area (Å²) in [5.74, 6) is 1.49. The highest BCUT2D eigenvalue weighted by Crippen LogP contribution is 2.39. The summed E-state index contributed by atoms with van der Waals surface area (Å²) in [6.45, 7) is 9.03. The Labute approximate surface area is 274 Å². The van der Waals surface area contributed by atoms with Gasteiger partial charge in [0, 0.05) is 60.8 Å². The van der Waals surface area contributed by atoms with E-state index in [2.05, 4.69) is 9.71 Å². The number of benzene rings is 2. The van der Waals surface area contributed by atoms with Crippen LogP contribution in [0.25, 0.3) is 22.0 Å². The van der Waals surface area contributed by atoms with E-state index in [1.54, 1.807) is 67.7 Å². The van der Waals surface area contributed by atoms with Crippen LogP contribution in [-0.4, -0.2) is 72.7 Å². The average molecular weight is 667 g/mol. The van der Waals surface area contributed by atoms with Gasteiger partial charge in [0.25, 0.3) is 5.56 Å². The van der Waals surface area contributed by atoms with E-state index in [-0.39, 0.29) is 23.5 Å². The van der Waals surface area contributed by atoms with E-state index in [9.17, 15) is 18.0 Å². The van der Waals surface area contributed by atoms with Crippen molar-refractivity contribution in [3.63, 3.8) is 0 Å². The third kappa shape index (κ3) is 8.66. The van der Waals surface area contributed by atoms with Gasteiger partial charge in [0.05, 0.1) is 18.5 Å². The van der Waals surface area contributed by atoms with Gasteiger partial charge in [-0.2, -0.15) is 0 Å². The van der Waals surface area contributed by atoms with Crippen molar-refractivity contribution >= 4 is 32.7 Å². The highest BCUT2D eigenvalue weighted by Gasteiger charge is 2.27. The van der Waals surface area contributed by atoms with Crippen LogP contribution in [-0.2, 0) is 26.5 Å². The number of H-pyrrole nitrogens is 1. The Kier molecular flexibility index (Phi) is 10.2. The quantitative estimate of drug-likeness (QED) is 0.189. The molecule has 0 bridgehead atoms. The van der Waals surface area contributed by atoms with Gasteiger partial charge in [0.2, 0.25) is 10.0 Å². The minimum absolute atomic E-state index is 0.0409. The number of fused-ring (bicyclic) bond motifs is 1. The Hall–Kier alpha value is -4.49. The largest absolute Gasteiger partial charge is 0.491 e. The molecule has 0 aliphatic carbocycles. The van der Waals surface area contributed by atoms with E-state index in [1.807, 2.05) is 32.9 Å². The number of hydrogen-bond donors (Lipinski definition) is 2. The van der Waals surface area contributed by atoms with Gasteiger partial charge in [0.1, 0.15) is 35.0 Å². The summed E-state index contributed by atoms with van der Waals surface area (Å²) in [7, 11) is -1.87. The molecule has 252 valence electrons. The molecule has 12 nitrogen and oxygen atoms in total. The van der Waals surface area contributed by atoms with Crippen LogP contribution in [0.3, 0.4) is 0 Å². The number of carbonyl (C=O) groups excluding carboxylic acids is 1. The number of rotatable bonds is 11. The van der Waals surface area contributed by atoms with Gasteiger partial charge in [0.15, 0.2) is 0 Å². The fourth-order valence-electron chi connectivity index (χ4n) is 5.29. The number of likely N-dealkylation sites (tertiary alicyclic amines) is 1. The first-order chi connectivity index (χ1) is 22.3. The number of ether oxygens (including phenoxy) is 4. The molecule has 1 aliphatic heterocycles. The average Bonchev–Trinajstić information content (AvgIpc) is 3.52. The number of sulfonamides is 1. The van der Waals surface area contributed by atoms with E-state index < -0.39 is 15.6 Å². The van der Waals surface area contributed by atoms with Crippen molar-refractivity contribution in [1.82, 2.24) is 14.5 Å². The van der Waals surface area contributed by atoms with Crippen LogP contribution in [0.5, 0.6) is 17.2 Å². The minimum Gasteiger partial charge on any atom is -0.491 e. The molecule has 1 fully saturated rings. The molecule has 2 aromatic heterocycles. The molecule has 2 aromatic carbocycles. The van der Waals surface area contributed by atoms with Crippen LogP contribution in [0.2, 0.25) is 0 Å². The molecule has 1 aliphatic rings. The zero-order valence-electron chi connectivity index (χ0n) is 27.4. The molecule has 3 heterocycles. The lowest BCUT2D eigenvalue weighted by molar-refractivity contribution is -0.0177. The standard InChI is InChI=1S/C34H42N4O8S/c1-6-47(41,42)36-23-10-11-30(28(20-23)29-22-37(5)32(39)31-27(29)12-15-35-31)45-26-9-7-8-25(21-26)44-19-18-43-24-13-16-38(17-14-24)33(40)46-34(2,3)4/h7-12,15,20-22,24,35-36H,6,13-14,16-19H2,1-5H3. The number of piperidine rings is 1. The summed E-state index contributed by atoms with van der Waals surface area (Å²) in [5.41, 5.74) is 1.39. The minimum atomic E-state index is -3.53. The highest BCUT2D eigenvalue weighted by atomic mass is 32.2. The lowest BCUT2D eigenvalue weighted by Crippen LogP contribution is -2.43. The van der Waals surface area contributed by atoms with Gasteiger partial charge in [-0.1, -0.05) is 6.07 Å². The van der Waals surface area contributed by atoms with Crippen molar-refractivity contribution in [1.29, 1.82) is 0 Å². The molecule has 0 radical (unpaired) electrons. The van der Waals surface area contributed by atoms with Gasteiger partial charge in [-0.05, 0) is 76.9 Å². The normalized spacial score (nSPS) is 14.3. The molecule has 13 heteroatoms. The summed E-state index contributed by atoms with van der Waals surface area (Å²) >= 11 is 0. The Balaban J connectivity index is 1.25. The number of hydrogen-bond acceptors (Lipinski definition) is 8. The van der Waals surface area contributed by atoms with E-state index in [1.165, 1.54) is 4.57 Å². The van der Waals surface area contributed by atoms with Crippen LogP contribution in [0, 0.1) is 0 Å². The number of aryl methyl sites for hydroxylation is 1. The van der Waals surface area contributed by atoms with Crippen LogP contribution in [0.1, 0.15) is 40.5 Å².